The van der Waals surface area contributed by atoms with Crippen LogP contribution in [0.15, 0.2) is 42.7 Å². The van der Waals surface area contributed by atoms with Crippen molar-refractivity contribution in [3.8, 4) is 11.3 Å². The lowest BCUT2D eigenvalue weighted by Gasteiger charge is -2.48. The zero-order valence-electron chi connectivity index (χ0n) is 39.5. The van der Waals surface area contributed by atoms with Crippen LogP contribution in [-0.2, 0) is 19.8 Å². The largest absolute Gasteiger partial charge is 0.359 e. The monoisotopic (exact) mass is 887 g/mol. The number of carbonyl (C=O) groups excluding carboxylic acids is 3. The van der Waals surface area contributed by atoms with Crippen LogP contribution >= 0.6 is 0 Å². The first-order chi connectivity index (χ1) is 31.4. The van der Waals surface area contributed by atoms with E-state index in [4.69, 9.17) is 9.97 Å². The van der Waals surface area contributed by atoms with E-state index in [-0.39, 0.29) is 35.6 Å². The average molecular weight is 887 g/mol. The first-order valence-electron chi connectivity index (χ1n) is 25.1. The number of hydrogen-bond donors (Lipinski definition) is 2. The molecule has 3 aliphatic heterocycles. The fraction of sp³-hybridized carbons (Fsp3) is 0.604. The second-order valence-corrected chi connectivity index (χ2v) is 20.8. The first-order valence-corrected chi connectivity index (χ1v) is 25.1. The van der Waals surface area contributed by atoms with Crippen molar-refractivity contribution in [1.29, 1.82) is 0 Å². The van der Waals surface area contributed by atoms with Crippen LogP contribution in [0.5, 0.6) is 0 Å². The molecule has 5 aliphatic rings. The van der Waals surface area contributed by atoms with Crippen molar-refractivity contribution in [3.63, 3.8) is 0 Å². The minimum atomic E-state index is -0.799. The maximum absolute atomic E-state index is 15.8. The van der Waals surface area contributed by atoms with Crippen LogP contribution in [0.4, 0.5) is 21.6 Å². The normalized spacial score (nSPS) is 23.4. The van der Waals surface area contributed by atoms with Crippen LogP contribution in [0.2, 0.25) is 0 Å². The number of aryl methyl sites for hydroxylation is 1. The first kappa shape index (κ1) is 45.3. The number of nitrogens with zero attached hydrogens (tertiary/aromatic N) is 6. The van der Waals surface area contributed by atoms with E-state index < -0.39 is 5.41 Å². The predicted molar refractivity (Wildman–Crippen MR) is 257 cm³/mol. The third-order valence-corrected chi connectivity index (χ3v) is 16.0. The molecule has 9 rings (SSSR count). The number of hydrogen-bond acceptors (Lipinski definition) is 7. The Morgan fingerprint density at radius 2 is 1.65 bits per heavy atom. The molecule has 12 heteroatoms. The fourth-order valence-electron chi connectivity index (χ4n) is 12.1. The molecule has 0 radical (unpaired) electrons. The van der Waals surface area contributed by atoms with E-state index in [0.29, 0.717) is 54.5 Å². The molecule has 2 saturated carbocycles. The van der Waals surface area contributed by atoms with Gasteiger partial charge in [0.05, 0.1) is 28.6 Å². The molecule has 65 heavy (non-hydrogen) atoms. The summed E-state index contributed by atoms with van der Waals surface area (Å²) in [5.41, 5.74) is 6.62. The number of fused-ring (bicyclic) bond motifs is 2. The molecule has 1 atom stereocenters. The molecule has 2 aromatic carbocycles. The van der Waals surface area contributed by atoms with Gasteiger partial charge in [-0.05, 0) is 157 Å². The quantitative estimate of drug-likeness (QED) is 0.0902. The summed E-state index contributed by atoms with van der Waals surface area (Å²) >= 11 is 0. The van der Waals surface area contributed by atoms with Crippen LogP contribution in [0, 0.1) is 24.6 Å². The van der Waals surface area contributed by atoms with Gasteiger partial charge in [0, 0.05) is 54.9 Å². The molecular weight excluding hydrogens is 816 g/mol. The molecule has 0 spiro atoms. The number of likely N-dealkylation sites (tertiary alicyclic amines) is 2. The summed E-state index contributed by atoms with van der Waals surface area (Å²) in [5, 5.41) is 6.32. The number of pyridine rings is 1. The highest BCUT2D eigenvalue weighted by Gasteiger charge is 2.54. The fourth-order valence-corrected chi connectivity index (χ4v) is 12.1. The molecule has 4 aromatic rings. The second-order valence-electron chi connectivity index (χ2n) is 20.8. The molecule has 2 N–H and O–H groups in total. The van der Waals surface area contributed by atoms with Gasteiger partial charge < -0.3 is 29.9 Å². The Labute approximate surface area is 385 Å². The Morgan fingerprint density at radius 1 is 0.908 bits per heavy atom. The van der Waals surface area contributed by atoms with Gasteiger partial charge in [0.15, 0.2) is 5.82 Å². The highest BCUT2D eigenvalue weighted by molar-refractivity contribution is 6.09. The summed E-state index contributed by atoms with van der Waals surface area (Å²) in [4.78, 5) is 57.7. The number of imidazole rings is 1. The van der Waals surface area contributed by atoms with E-state index in [9.17, 15) is 9.59 Å². The molecule has 5 heterocycles. The smallest absolute Gasteiger partial charge is 0.238 e. The van der Waals surface area contributed by atoms with Crippen molar-refractivity contribution in [2.24, 2.45) is 11.8 Å². The number of benzene rings is 2. The molecule has 2 saturated heterocycles. The van der Waals surface area contributed by atoms with Crippen molar-refractivity contribution in [2.45, 2.75) is 160 Å². The summed E-state index contributed by atoms with van der Waals surface area (Å²) < 4.78 is 17.8. The van der Waals surface area contributed by atoms with Crippen LogP contribution < -0.4 is 15.5 Å². The van der Waals surface area contributed by atoms with Crippen LogP contribution in [0.1, 0.15) is 153 Å². The van der Waals surface area contributed by atoms with E-state index in [2.05, 4.69) is 75.8 Å². The Bertz CT molecular complexity index is 2370. The Kier molecular flexibility index (Phi) is 13.4. The Morgan fingerprint density at radius 3 is 2.35 bits per heavy atom. The second kappa shape index (κ2) is 19.2. The standard InChI is InChI=1S/C53H71FN8O3/c1-34(2)42-30-46(44(54)26-36(42)5)58-50-49-47(56-32-61(49)35(3)4)31-45(57-50)39-14-15-43-48(27-39)62(41-28-40(29-41)59-22-10-7-11-23-59)52(65)53(43,20-21-55-33-63)19-16-37-17-24-60(25-18-37)51(64)38-12-8-6-9-13-38/h14-15,26-27,30-35,37-38,40-41H,6-13,16-25,28-29H2,1-5H3,(H,55,63)(H,57,58). The summed E-state index contributed by atoms with van der Waals surface area (Å²) in [5.74, 6) is 1.50. The van der Waals surface area contributed by atoms with Gasteiger partial charge in [0.2, 0.25) is 18.2 Å². The predicted octanol–water partition coefficient (Wildman–Crippen LogP) is 10.3. The highest BCUT2D eigenvalue weighted by atomic mass is 19.1. The number of piperidine rings is 2. The van der Waals surface area contributed by atoms with Gasteiger partial charge in [0.1, 0.15) is 11.3 Å². The van der Waals surface area contributed by atoms with E-state index in [1.165, 1.54) is 25.7 Å². The van der Waals surface area contributed by atoms with Gasteiger partial charge in [-0.3, -0.25) is 14.4 Å². The van der Waals surface area contributed by atoms with Crippen LogP contribution in [0.3, 0.4) is 0 Å². The van der Waals surface area contributed by atoms with Gasteiger partial charge in [-0.15, -0.1) is 0 Å². The lowest BCUT2D eigenvalue weighted by molar-refractivity contribution is -0.138. The molecule has 348 valence electrons. The molecule has 0 bridgehead atoms. The SMILES string of the molecule is Cc1cc(F)c(Nc2nc(-c3ccc4c(c3)N(C3CC(N5CCCCC5)C3)C(=O)C4(CCNC=O)CCC3CCN(C(=O)C4CCCCC4)CC3)cc3ncn(C(C)C)c23)cc1C(C)C. The number of amides is 3. The Balaban J connectivity index is 1.06. The lowest BCUT2D eigenvalue weighted by atomic mass is 9.72. The number of nitrogens with one attached hydrogen (secondary N) is 2. The summed E-state index contributed by atoms with van der Waals surface area (Å²) in [6.07, 6.45) is 17.8. The third kappa shape index (κ3) is 8.93. The minimum Gasteiger partial charge on any atom is -0.359 e. The van der Waals surface area contributed by atoms with Gasteiger partial charge in [-0.2, -0.15) is 0 Å². The summed E-state index contributed by atoms with van der Waals surface area (Å²) in [6, 6.07) is 12.5. The topological polar surface area (TPSA) is 116 Å². The van der Waals surface area contributed by atoms with Crippen molar-refractivity contribution in [3.05, 3.63) is 65.2 Å². The molecule has 4 fully saturated rings. The van der Waals surface area contributed by atoms with Gasteiger partial charge in [-0.1, -0.05) is 51.7 Å². The minimum absolute atomic E-state index is 0.0763. The van der Waals surface area contributed by atoms with Crippen molar-refractivity contribution in [2.75, 3.05) is 42.9 Å². The summed E-state index contributed by atoms with van der Waals surface area (Å²) in [7, 11) is 0. The zero-order chi connectivity index (χ0) is 45.4. The molecule has 11 nitrogen and oxygen atoms in total. The zero-order valence-corrected chi connectivity index (χ0v) is 39.5. The van der Waals surface area contributed by atoms with Gasteiger partial charge >= 0.3 is 0 Å². The molecular formula is C53H71FN8O3. The van der Waals surface area contributed by atoms with Crippen molar-refractivity contribution in [1.82, 2.24) is 29.7 Å². The number of anilines is 3. The van der Waals surface area contributed by atoms with Crippen molar-refractivity contribution < 1.29 is 18.8 Å². The number of rotatable bonds is 15. The van der Waals surface area contributed by atoms with E-state index in [1.807, 2.05) is 25.4 Å². The lowest BCUT2D eigenvalue weighted by Crippen LogP contribution is -2.57. The van der Waals surface area contributed by atoms with E-state index >= 15 is 9.18 Å². The molecule has 1 unspecified atom stereocenters. The number of aromatic nitrogens is 3. The molecule has 3 amide bonds. The maximum atomic E-state index is 15.8. The van der Waals surface area contributed by atoms with Crippen LogP contribution in [0.25, 0.3) is 22.3 Å². The Hall–Kier alpha value is -4.84. The molecule has 2 aliphatic carbocycles. The van der Waals surface area contributed by atoms with E-state index in [0.717, 1.165) is 129 Å². The average Bonchev–Trinajstić information content (AvgIpc) is 3.84. The van der Waals surface area contributed by atoms with Gasteiger partial charge in [0.25, 0.3) is 0 Å². The summed E-state index contributed by atoms with van der Waals surface area (Å²) in [6.45, 7) is 14.6. The van der Waals surface area contributed by atoms with Crippen LogP contribution in [-0.4, -0.2) is 87.4 Å². The molecule has 2 aromatic heterocycles. The maximum Gasteiger partial charge on any atom is 0.238 e. The number of halogens is 1. The van der Waals surface area contributed by atoms with Gasteiger partial charge in [-0.25, -0.2) is 14.4 Å². The van der Waals surface area contributed by atoms with Crippen molar-refractivity contribution >= 4 is 46.5 Å². The highest BCUT2D eigenvalue weighted by Crippen LogP contribution is 2.52. The number of carbonyl (C=O) groups is 3. The van der Waals surface area contributed by atoms with E-state index in [1.54, 1.807) is 6.07 Å². The third-order valence-electron chi connectivity index (χ3n) is 16.0.